The first-order valence-electron chi connectivity index (χ1n) is 11.9. The Morgan fingerprint density at radius 1 is 0.543 bits per heavy atom. The zero-order valence-electron chi connectivity index (χ0n) is 21.6. The third-order valence-electron chi connectivity index (χ3n) is 4.82. The maximum Gasteiger partial charge on any atom is 0.313 e. The summed E-state index contributed by atoms with van der Waals surface area (Å²) in [7, 11) is -2.38. The monoisotopic (exact) mass is 496 g/mol. The second kappa shape index (κ2) is 11.5. The molecule has 0 amide bonds. The summed E-state index contributed by atoms with van der Waals surface area (Å²) in [5.41, 5.74) is 0. The van der Waals surface area contributed by atoms with Crippen LogP contribution in [0.15, 0.2) is 87.5 Å². The van der Waals surface area contributed by atoms with Gasteiger partial charge in [-0.2, -0.15) is 0 Å². The van der Waals surface area contributed by atoms with E-state index in [4.69, 9.17) is 18.4 Å². The predicted octanol–water partition coefficient (Wildman–Crippen LogP) is 7.81. The zero-order valence-corrected chi connectivity index (χ0v) is 22.4. The number of hydrogen-bond donors (Lipinski definition) is 0. The molecular weight excluding hydrogens is 460 g/mol. The minimum atomic E-state index is -2.38. The van der Waals surface area contributed by atoms with Crippen LogP contribution in [0, 0.1) is 0 Å². The average Bonchev–Trinajstić information content (AvgIpc) is 2.78. The van der Waals surface area contributed by atoms with Gasteiger partial charge in [-0.15, -0.1) is 0 Å². The van der Waals surface area contributed by atoms with E-state index in [1.54, 1.807) is 0 Å². The fourth-order valence-electron chi connectivity index (χ4n) is 3.67. The number of rotatable bonds is 10. The van der Waals surface area contributed by atoms with Crippen molar-refractivity contribution in [2.45, 2.75) is 81.5 Å². The fourth-order valence-corrected chi connectivity index (χ4v) is 6.69. The van der Waals surface area contributed by atoms with Gasteiger partial charge in [0.25, 0.3) is 0 Å². The lowest BCUT2D eigenvalue weighted by Gasteiger charge is -2.39. The summed E-state index contributed by atoms with van der Waals surface area (Å²) in [4.78, 5) is 15.2. The Morgan fingerprint density at radius 3 is 1.00 bits per heavy atom. The number of carbonyl (C=O) groups excluding carboxylic acids is 1. The van der Waals surface area contributed by atoms with Gasteiger partial charge < -0.3 is 18.4 Å². The van der Waals surface area contributed by atoms with Gasteiger partial charge in [0.15, 0.2) is 0 Å². The van der Waals surface area contributed by atoms with Crippen molar-refractivity contribution in [1.82, 2.24) is 0 Å². The molecule has 3 rings (SSSR count). The van der Waals surface area contributed by atoms with Crippen molar-refractivity contribution >= 4 is 16.3 Å². The molecule has 0 bridgehead atoms. The average molecular weight is 497 g/mol. The number of benzene rings is 3. The van der Waals surface area contributed by atoms with E-state index in [2.05, 4.69) is 0 Å². The number of ether oxygens (including phenoxy) is 3. The molecule has 6 heteroatoms. The van der Waals surface area contributed by atoms with Crippen molar-refractivity contribution in [3.63, 3.8) is 0 Å². The smallest absolute Gasteiger partial charge is 0.313 e. The Labute approximate surface area is 210 Å². The van der Waals surface area contributed by atoms with Gasteiger partial charge in [-0.1, -0.05) is 0 Å². The van der Waals surface area contributed by atoms with Gasteiger partial charge >= 0.3 is 5.97 Å². The van der Waals surface area contributed by atoms with Crippen molar-refractivity contribution < 1.29 is 23.2 Å². The lowest BCUT2D eigenvalue weighted by molar-refractivity contribution is -0.131. The largest absolute Gasteiger partial charge is 0.491 e. The normalized spacial score (nSPS) is 12.1. The summed E-state index contributed by atoms with van der Waals surface area (Å²) < 4.78 is 23.8. The molecule has 0 saturated heterocycles. The molecule has 0 unspecified atom stereocenters. The minimum absolute atomic E-state index is 0.0634. The van der Waals surface area contributed by atoms with Crippen molar-refractivity contribution in [2.75, 3.05) is 0 Å². The van der Waals surface area contributed by atoms with Crippen molar-refractivity contribution in [3.05, 3.63) is 72.8 Å². The highest BCUT2D eigenvalue weighted by Crippen LogP contribution is 2.69. The molecule has 0 spiro atoms. The van der Waals surface area contributed by atoms with Crippen LogP contribution in [0.1, 0.15) is 48.5 Å². The van der Waals surface area contributed by atoms with E-state index in [0.29, 0.717) is 0 Å². The molecule has 0 aliphatic rings. The van der Waals surface area contributed by atoms with Crippen molar-refractivity contribution in [1.29, 1.82) is 0 Å². The van der Waals surface area contributed by atoms with Gasteiger partial charge in [-0.25, -0.2) is 0 Å². The topological polar surface area (TPSA) is 54.0 Å². The highest BCUT2D eigenvalue weighted by molar-refractivity contribution is 8.30. The van der Waals surface area contributed by atoms with E-state index in [1.807, 2.05) is 114 Å². The van der Waals surface area contributed by atoms with Gasteiger partial charge in [0, 0.05) is 21.6 Å². The van der Waals surface area contributed by atoms with E-state index in [0.717, 1.165) is 31.9 Å². The molecule has 0 saturated carbocycles. The molecule has 0 fully saturated rings. The van der Waals surface area contributed by atoms with E-state index in [9.17, 15) is 4.79 Å². The van der Waals surface area contributed by atoms with Crippen molar-refractivity contribution in [3.8, 4) is 17.2 Å². The first-order valence-corrected chi connectivity index (χ1v) is 13.5. The maximum atomic E-state index is 12.5. The van der Waals surface area contributed by atoms with Crippen LogP contribution < -0.4 is 14.2 Å². The standard InChI is InChI=1S/C29H36O5S/c1-20(2)31-24-8-14-27(15-9-24)35(34-23(7)30,28-16-10-25(11-17-28)32-21(3)4)29-18-12-26(13-19-29)33-22(5)6/h8-22H,1-7H3. The highest BCUT2D eigenvalue weighted by atomic mass is 32.3. The number of carbonyl (C=O) groups is 1. The fraction of sp³-hybridized carbons (Fsp3) is 0.345. The van der Waals surface area contributed by atoms with E-state index in [-0.39, 0.29) is 24.3 Å². The Morgan fingerprint density at radius 2 is 0.800 bits per heavy atom. The predicted molar refractivity (Wildman–Crippen MR) is 141 cm³/mol. The Hall–Kier alpha value is -3.12. The third-order valence-corrected chi connectivity index (χ3v) is 8.12. The molecule has 3 aromatic carbocycles. The maximum absolute atomic E-state index is 12.5. The summed E-state index contributed by atoms with van der Waals surface area (Å²) in [5.74, 6) is 1.94. The second-order valence-corrected chi connectivity index (χ2v) is 11.7. The molecule has 188 valence electrons. The highest BCUT2D eigenvalue weighted by Gasteiger charge is 2.35. The molecular formula is C29H36O5S. The van der Waals surface area contributed by atoms with Crippen LogP contribution in [0.5, 0.6) is 17.2 Å². The lowest BCUT2D eigenvalue weighted by atomic mass is 10.3. The Kier molecular flexibility index (Phi) is 8.73. The van der Waals surface area contributed by atoms with E-state index >= 15 is 0 Å². The summed E-state index contributed by atoms with van der Waals surface area (Å²) in [6.07, 6.45) is 0.190. The van der Waals surface area contributed by atoms with Gasteiger partial charge in [-0.05, 0) is 125 Å². The second-order valence-electron chi connectivity index (χ2n) is 9.05. The van der Waals surface area contributed by atoms with Crippen LogP contribution in [0.25, 0.3) is 0 Å². The molecule has 0 aliphatic heterocycles. The lowest BCUT2D eigenvalue weighted by Crippen LogP contribution is -2.12. The molecule has 3 aromatic rings. The molecule has 5 nitrogen and oxygen atoms in total. The van der Waals surface area contributed by atoms with E-state index < -0.39 is 10.3 Å². The molecule has 0 aromatic heterocycles. The summed E-state index contributed by atoms with van der Waals surface area (Å²) >= 11 is 0. The van der Waals surface area contributed by atoms with Gasteiger partial charge in [-0.3, -0.25) is 4.79 Å². The number of hydrogen-bond acceptors (Lipinski definition) is 5. The van der Waals surface area contributed by atoms with Crippen LogP contribution in [-0.2, 0) is 8.98 Å². The van der Waals surface area contributed by atoms with Crippen LogP contribution >= 0.6 is 10.3 Å². The molecule has 0 heterocycles. The van der Waals surface area contributed by atoms with Crippen LogP contribution in [0.2, 0.25) is 0 Å². The van der Waals surface area contributed by atoms with Crippen LogP contribution in [-0.4, -0.2) is 24.3 Å². The SMILES string of the molecule is CC(=O)OS(c1ccc(OC(C)C)cc1)(c1ccc(OC(C)C)cc1)c1ccc(OC(C)C)cc1. The molecule has 0 atom stereocenters. The Bertz CT molecular complexity index is 957. The van der Waals surface area contributed by atoms with Gasteiger partial charge in [0.05, 0.1) is 18.3 Å². The van der Waals surface area contributed by atoms with Gasteiger partial charge in [0.1, 0.15) is 17.2 Å². The minimum Gasteiger partial charge on any atom is -0.491 e. The molecule has 35 heavy (non-hydrogen) atoms. The van der Waals surface area contributed by atoms with E-state index in [1.165, 1.54) is 6.92 Å². The van der Waals surface area contributed by atoms with Crippen LogP contribution in [0.3, 0.4) is 0 Å². The zero-order chi connectivity index (χ0) is 25.6. The Balaban J connectivity index is 2.18. The first-order chi connectivity index (χ1) is 16.6. The molecule has 0 aliphatic carbocycles. The first kappa shape index (κ1) is 26.5. The van der Waals surface area contributed by atoms with Crippen LogP contribution in [0.4, 0.5) is 0 Å². The summed E-state index contributed by atoms with van der Waals surface area (Å²) in [6, 6.07) is 23.4. The summed E-state index contributed by atoms with van der Waals surface area (Å²) in [6.45, 7) is 13.4. The molecule has 0 N–H and O–H groups in total. The quantitative estimate of drug-likeness (QED) is 0.286. The van der Waals surface area contributed by atoms with Crippen molar-refractivity contribution in [2.24, 2.45) is 0 Å². The third kappa shape index (κ3) is 6.73. The molecule has 0 radical (unpaired) electrons. The summed E-state index contributed by atoms with van der Waals surface area (Å²) in [5, 5.41) is 0. The van der Waals surface area contributed by atoms with Gasteiger partial charge in [0.2, 0.25) is 0 Å².